The first-order valence-corrected chi connectivity index (χ1v) is 4.17. The average molecular weight is 196 g/mol. The van der Waals surface area contributed by atoms with Crippen LogP contribution in [0.15, 0.2) is 24.3 Å². The SMILES string of the molecule is COC(CC(=O)O)c1ccccc1O. The fourth-order valence-corrected chi connectivity index (χ4v) is 1.24. The Bertz CT molecular complexity index is 322. The molecule has 0 spiro atoms. The summed E-state index contributed by atoms with van der Waals surface area (Å²) in [6.07, 6.45) is -0.762. The minimum absolute atomic E-state index is 0.0561. The van der Waals surface area contributed by atoms with Crippen molar-refractivity contribution >= 4 is 5.97 Å². The van der Waals surface area contributed by atoms with E-state index in [1.807, 2.05) is 0 Å². The molecule has 0 bridgehead atoms. The van der Waals surface area contributed by atoms with Gasteiger partial charge in [-0.3, -0.25) is 4.79 Å². The number of para-hydroxylation sites is 1. The van der Waals surface area contributed by atoms with Crippen LogP contribution in [0, 0.1) is 0 Å². The quantitative estimate of drug-likeness (QED) is 0.766. The summed E-state index contributed by atoms with van der Waals surface area (Å²) < 4.78 is 4.99. The number of phenolic OH excluding ortho intramolecular Hbond substituents is 1. The zero-order valence-electron chi connectivity index (χ0n) is 7.80. The highest BCUT2D eigenvalue weighted by Crippen LogP contribution is 2.28. The second-order valence-corrected chi connectivity index (χ2v) is 2.88. The maximum Gasteiger partial charge on any atom is 0.306 e. The Kier molecular flexibility index (Phi) is 3.48. The van der Waals surface area contributed by atoms with Gasteiger partial charge in [-0.1, -0.05) is 18.2 Å². The lowest BCUT2D eigenvalue weighted by molar-refractivity contribution is -0.139. The maximum absolute atomic E-state index is 10.5. The van der Waals surface area contributed by atoms with Crippen LogP contribution in [0.4, 0.5) is 0 Å². The topological polar surface area (TPSA) is 66.8 Å². The van der Waals surface area contributed by atoms with Crippen molar-refractivity contribution in [3.05, 3.63) is 29.8 Å². The molecule has 1 atom stereocenters. The van der Waals surface area contributed by atoms with Gasteiger partial charge < -0.3 is 14.9 Å². The molecule has 0 radical (unpaired) electrons. The number of methoxy groups -OCH3 is 1. The lowest BCUT2D eigenvalue weighted by Crippen LogP contribution is -2.08. The van der Waals surface area contributed by atoms with E-state index in [-0.39, 0.29) is 12.2 Å². The van der Waals surface area contributed by atoms with Crippen molar-refractivity contribution < 1.29 is 19.7 Å². The summed E-state index contributed by atoms with van der Waals surface area (Å²) in [5, 5.41) is 18.1. The standard InChI is InChI=1S/C10H12O4/c1-14-9(6-10(12)13)7-4-2-3-5-8(7)11/h2-5,9,11H,6H2,1H3,(H,12,13). The summed E-state index contributed by atoms with van der Waals surface area (Å²) in [7, 11) is 1.42. The second kappa shape index (κ2) is 4.62. The zero-order valence-corrected chi connectivity index (χ0v) is 7.80. The summed E-state index contributed by atoms with van der Waals surface area (Å²) in [6.45, 7) is 0. The second-order valence-electron chi connectivity index (χ2n) is 2.88. The van der Waals surface area contributed by atoms with Gasteiger partial charge in [-0.2, -0.15) is 0 Å². The number of carboxylic acids is 1. The molecule has 0 amide bonds. The monoisotopic (exact) mass is 196 g/mol. The van der Waals surface area contributed by atoms with E-state index in [1.54, 1.807) is 18.2 Å². The van der Waals surface area contributed by atoms with Crippen molar-refractivity contribution in [1.82, 2.24) is 0 Å². The predicted molar refractivity (Wildman–Crippen MR) is 50.1 cm³/mol. The molecule has 0 aliphatic rings. The van der Waals surface area contributed by atoms with E-state index in [0.29, 0.717) is 5.56 Å². The minimum Gasteiger partial charge on any atom is -0.508 e. The largest absolute Gasteiger partial charge is 0.508 e. The van der Waals surface area contributed by atoms with E-state index in [0.717, 1.165) is 0 Å². The molecule has 0 fully saturated rings. The van der Waals surface area contributed by atoms with Crippen molar-refractivity contribution in [3.8, 4) is 5.75 Å². The number of aliphatic carboxylic acids is 1. The first-order valence-electron chi connectivity index (χ1n) is 4.17. The van der Waals surface area contributed by atoms with Crippen LogP contribution >= 0.6 is 0 Å². The van der Waals surface area contributed by atoms with E-state index >= 15 is 0 Å². The third kappa shape index (κ3) is 2.47. The van der Waals surface area contributed by atoms with Crippen molar-refractivity contribution in [2.75, 3.05) is 7.11 Å². The first-order chi connectivity index (χ1) is 6.65. The number of hydrogen-bond donors (Lipinski definition) is 2. The Morgan fingerprint density at radius 2 is 2.14 bits per heavy atom. The molecular weight excluding hydrogens is 184 g/mol. The number of ether oxygens (including phenoxy) is 1. The fourth-order valence-electron chi connectivity index (χ4n) is 1.24. The predicted octanol–water partition coefficient (Wildman–Crippen LogP) is 1.55. The van der Waals surface area contributed by atoms with Gasteiger partial charge >= 0.3 is 5.97 Å². The van der Waals surface area contributed by atoms with Crippen LogP contribution in [0.1, 0.15) is 18.1 Å². The highest BCUT2D eigenvalue weighted by molar-refractivity contribution is 5.68. The molecule has 0 aromatic heterocycles. The number of phenols is 1. The minimum atomic E-state index is -0.958. The molecule has 14 heavy (non-hydrogen) atoms. The highest BCUT2D eigenvalue weighted by Gasteiger charge is 2.17. The van der Waals surface area contributed by atoms with Crippen LogP contribution in [0.25, 0.3) is 0 Å². The molecular formula is C10H12O4. The summed E-state index contributed by atoms with van der Waals surface area (Å²) in [5.41, 5.74) is 0.498. The molecule has 0 heterocycles. The van der Waals surface area contributed by atoms with E-state index in [9.17, 15) is 9.90 Å². The number of benzene rings is 1. The number of carboxylic acid groups (broad SMARTS) is 1. The molecule has 1 unspecified atom stereocenters. The molecule has 1 aromatic rings. The van der Waals surface area contributed by atoms with E-state index < -0.39 is 12.1 Å². The molecule has 4 nitrogen and oxygen atoms in total. The Morgan fingerprint density at radius 1 is 1.50 bits per heavy atom. The molecule has 4 heteroatoms. The zero-order chi connectivity index (χ0) is 10.6. The molecule has 1 aromatic carbocycles. The lowest BCUT2D eigenvalue weighted by atomic mass is 10.1. The van der Waals surface area contributed by atoms with E-state index in [4.69, 9.17) is 9.84 Å². The van der Waals surface area contributed by atoms with Crippen molar-refractivity contribution in [2.45, 2.75) is 12.5 Å². The van der Waals surface area contributed by atoms with Crippen LogP contribution in [0.5, 0.6) is 5.75 Å². The third-order valence-electron chi connectivity index (χ3n) is 1.93. The summed E-state index contributed by atoms with van der Waals surface area (Å²) in [5.74, 6) is -0.902. The Labute approximate surface area is 81.8 Å². The number of hydrogen-bond acceptors (Lipinski definition) is 3. The number of rotatable bonds is 4. The van der Waals surface area contributed by atoms with Gasteiger partial charge in [0.05, 0.1) is 12.5 Å². The van der Waals surface area contributed by atoms with Gasteiger partial charge in [-0.15, -0.1) is 0 Å². The van der Waals surface area contributed by atoms with Crippen LogP contribution in [0.3, 0.4) is 0 Å². The van der Waals surface area contributed by atoms with Crippen molar-refractivity contribution in [1.29, 1.82) is 0 Å². The van der Waals surface area contributed by atoms with Gasteiger partial charge in [-0.05, 0) is 6.07 Å². The molecule has 1 rings (SSSR count). The van der Waals surface area contributed by atoms with E-state index in [2.05, 4.69) is 0 Å². The Morgan fingerprint density at radius 3 is 2.64 bits per heavy atom. The van der Waals surface area contributed by atoms with Gasteiger partial charge in [0.15, 0.2) is 0 Å². The summed E-state index contributed by atoms with van der Waals surface area (Å²) >= 11 is 0. The van der Waals surface area contributed by atoms with Gasteiger partial charge in [0, 0.05) is 12.7 Å². The normalized spacial score (nSPS) is 12.4. The van der Waals surface area contributed by atoms with Gasteiger partial charge in [-0.25, -0.2) is 0 Å². The average Bonchev–Trinajstić information content (AvgIpc) is 2.15. The maximum atomic E-state index is 10.5. The lowest BCUT2D eigenvalue weighted by Gasteiger charge is -2.14. The molecule has 0 aliphatic heterocycles. The first kappa shape index (κ1) is 10.5. The molecule has 0 aliphatic carbocycles. The smallest absolute Gasteiger partial charge is 0.306 e. The van der Waals surface area contributed by atoms with Gasteiger partial charge in [0.1, 0.15) is 5.75 Å². The highest BCUT2D eigenvalue weighted by atomic mass is 16.5. The Balaban J connectivity index is 2.89. The molecule has 76 valence electrons. The Hall–Kier alpha value is -1.55. The number of carbonyl (C=O) groups is 1. The van der Waals surface area contributed by atoms with Crippen molar-refractivity contribution in [3.63, 3.8) is 0 Å². The molecule has 2 N–H and O–H groups in total. The molecule has 0 saturated carbocycles. The van der Waals surface area contributed by atoms with Crippen LogP contribution < -0.4 is 0 Å². The molecule has 0 saturated heterocycles. The third-order valence-corrected chi connectivity index (χ3v) is 1.93. The van der Waals surface area contributed by atoms with Crippen molar-refractivity contribution in [2.24, 2.45) is 0 Å². The van der Waals surface area contributed by atoms with Gasteiger partial charge in [0.25, 0.3) is 0 Å². The van der Waals surface area contributed by atoms with E-state index in [1.165, 1.54) is 13.2 Å². The van der Waals surface area contributed by atoms with Crippen LogP contribution in [0.2, 0.25) is 0 Å². The van der Waals surface area contributed by atoms with Crippen LogP contribution in [-0.2, 0) is 9.53 Å². The fraction of sp³-hybridized carbons (Fsp3) is 0.300. The number of aromatic hydroxyl groups is 1. The van der Waals surface area contributed by atoms with Gasteiger partial charge in [0.2, 0.25) is 0 Å². The van der Waals surface area contributed by atoms with Crippen LogP contribution in [-0.4, -0.2) is 23.3 Å². The summed E-state index contributed by atoms with van der Waals surface area (Å²) in [4.78, 5) is 10.5. The summed E-state index contributed by atoms with van der Waals surface area (Å²) in [6, 6.07) is 6.55.